The van der Waals surface area contributed by atoms with E-state index in [4.69, 9.17) is 4.74 Å². The van der Waals surface area contributed by atoms with Gasteiger partial charge < -0.3 is 10.1 Å². The zero-order valence-corrected chi connectivity index (χ0v) is 10.5. The molecule has 1 aliphatic heterocycles. The molecule has 1 unspecified atom stereocenters. The van der Waals surface area contributed by atoms with E-state index in [2.05, 4.69) is 11.9 Å². The lowest BCUT2D eigenvalue weighted by molar-refractivity contribution is -0.120. The molecular formula is C15H19NO2. The van der Waals surface area contributed by atoms with Gasteiger partial charge in [0.05, 0.1) is 13.0 Å². The number of rotatable bonds is 5. The molecule has 96 valence electrons. The van der Waals surface area contributed by atoms with Crippen LogP contribution in [0.1, 0.15) is 17.5 Å². The first-order valence-corrected chi connectivity index (χ1v) is 6.34. The fraction of sp³-hybridized carbons (Fsp3) is 0.400. The minimum atomic E-state index is 0.0771. The zero-order valence-electron chi connectivity index (χ0n) is 10.5. The van der Waals surface area contributed by atoms with Crippen LogP contribution in [0.15, 0.2) is 30.8 Å². The minimum absolute atomic E-state index is 0.0771. The smallest absolute Gasteiger partial charge is 0.224 e. The molecule has 0 aliphatic carbocycles. The molecule has 0 radical (unpaired) electrons. The Morgan fingerprint density at radius 2 is 2.22 bits per heavy atom. The lowest BCUT2D eigenvalue weighted by Gasteiger charge is -2.09. The molecule has 2 rings (SSSR count). The number of amides is 1. The SMILES string of the molecule is C=Cc1ccc(CC(=O)NCC2CCOC2)cc1. The summed E-state index contributed by atoms with van der Waals surface area (Å²) in [6.07, 6.45) is 3.28. The molecule has 1 amide bonds. The summed E-state index contributed by atoms with van der Waals surface area (Å²) >= 11 is 0. The zero-order chi connectivity index (χ0) is 12.8. The molecule has 0 aromatic heterocycles. The number of hydrogen-bond donors (Lipinski definition) is 1. The molecule has 1 heterocycles. The van der Waals surface area contributed by atoms with Gasteiger partial charge in [0.15, 0.2) is 0 Å². The molecule has 1 N–H and O–H groups in total. The summed E-state index contributed by atoms with van der Waals surface area (Å²) in [6.45, 7) is 6.02. The van der Waals surface area contributed by atoms with E-state index in [-0.39, 0.29) is 5.91 Å². The highest BCUT2D eigenvalue weighted by Crippen LogP contribution is 2.11. The third-order valence-corrected chi connectivity index (χ3v) is 3.19. The molecule has 1 saturated heterocycles. The first kappa shape index (κ1) is 12.8. The number of carbonyl (C=O) groups is 1. The van der Waals surface area contributed by atoms with Crippen molar-refractivity contribution < 1.29 is 9.53 Å². The van der Waals surface area contributed by atoms with Gasteiger partial charge in [-0.3, -0.25) is 4.79 Å². The Morgan fingerprint density at radius 1 is 1.44 bits per heavy atom. The van der Waals surface area contributed by atoms with E-state index in [9.17, 15) is 4.79 Å². The van der Waals surface area contributed by atoms with E-state index < -0.39 is 0 Å². The number of benzene rings is 1. The Morgan fingerprint density at radius 3 is 2.83 bits per heavy atom. The molecule has 3 heteroatoms. The van der Waals surface area contributed by atoms with Gasteiger partial charge in [-0.1, -0.05) is 36.9 Å². The van der Waals surface area contributed by atoms with Crippen LogP contribution >= 0.6 is 0 Å². The predicted octanol–water partition coefficient (Wildman–Crippen LogP) is 2.02. The van der Waals surface area contributed by atoms with Gasteiger partial charge in [0, 0.05) is 19.1 Å². The normalized spacial score (nSPS) is 18.6. The molecule has 0 spiro atoms. The lowest BCUT2D eigenvalue weighted by atomic mass is 10.1. The number of nitrogens with one attached hydrogen (secondary N) is 1. The van der Waals surface area contributed by atoms with Crippen LogP contribution in [-0.4, -0.2) is 25.7 Å². The van der Waals surface area contributed by atoms with Crippen molar-refractivity contribution >= 4 is 12.0 Å². The molecule has 1 aromatic carbocycles. The Hall–Kier alpha value is -1.61. The summed E-state index contributed by atoms with van der Waals surface area (Å²) in [5, 5.41) is 2.96. The van der Waals surface area contributed by atoms with Crippen LogP contribution in [0, 0.1) is 5.92 Å². The lowest BCUT2D eigenvalue weighted by Crippen LogP contribution is -2.30. The van der Waals surface area contributed by atoms with Crippen LogP contribution in [0.5, 0.6) is 0 Å². The molecule has 1 aliphatic rings. The Balaban J connectivity index is 1.77. The third kappa shape index (κ3) is 3.70. The van der Waals surface area contributed by atoms with Crippen molar-refractivity contribution in [1.82, 2.24) is 5.32 Å². The molecule has 3 nitrogen and oxygen atoms in total. The summed E-state index contributed by atoms with van der Waals surface area (Å²) < 4.78 is 5.27. The minimum Gasteiger partial charge on any atom is -0.381 e. The largest absolute Gasteiger partial charge is 0.381 e. The summed E-state index contributed by atoms with van der Waals surface area (Å²) in [5.74, 6) is 0.561. The third-order valence-electron chi connectivity index (χ3n) is 3.19. The standard InChI is InChI=1S/C15H19NO2/c1-2-12-3-5-13(6-4-12)9-15(17)16-10-14-7-8-18-11-14/h2-6,14H,1,7-11H2,(H,16,17). The summed E-state index contributed by atoms with van der Waals surface area (Å²) in [6, 6.07) is 7.88. The van der Waals surface area contributed by atoms with Crippen molar-refractivity contribution in [3.05, 3.63) is 42.0 Å². The Labute approximate surface area is 108 Å². The topological polar surface area (TPSA) is 38.3 Å². The van der Waals surface area contributed by atoms with Crippen molar-refractivity contribution in [3.8, 4) is 0 Å². The summed E-state index contributed by atoms with van der Waals surface area (Å²) in [4.78, 5) is 11.8. The van der Waals surface area contributed by atoms with Crippen molar-refractivity contribution in [3.63, 3.8) is 0 Å². The molecule has 1 aromatic rings. The first-order valence-electron chi connectivity index (χ1n) is 6.34. The maximum Gasteiger partial charge on any atom is 0.224 e. The van der Waals surface area contributed by atoms with Crippen molar-refractivity contribution in [2.75, 3.05) is 19.8 Å². The van der Waals surface area contributed by atoms with Crippen LogP contribution in [0.4, 0.5) is 0 Å². The maximum absolute atomic E-state index is 11.8. The molecular weight excluding hydrogens is 226 g/mol. The van der Waals surface area contributed by atoms with Gasteiger partial charge in [0.2, 0.25) is 5.91 Å². The van der Waals surface area contributed by atoms with Gasteiger partial charge in [0.25, 0.3) is 0 Å². The van der Waals surface area contributed by atoms with Crippen molar-refractivity contribution in [1.29, 1.82) is 0 Å². The predicted molar refractivity (Wildman–Crippen MR) is 72.2 cm³/mol. The Kier molecular flexibility index (Phi) is 4.53. The fourth-order valence-corrected chi connectivity index (χ4v) is 2.02. The molecule has 0 bridgehead atoms. The van der Waals surface area contributed by atoms with E-state index >= 15 is 0 Å². The number of carbonyl (C=O) groups excluding carboxylic acids is 1. The average molecular weight is 245 g/mol. The van der Waals surface area contributed by atoms with E-state index in [0.717, 1.165) is 37.3 Å². The van der Waals surface area contributed by atoms with Crippen molar-refractivity contribution in [2.24, 2.45) is 5.92 Å². The monoisotopic (exact) mass is 245 g/mol. The van der Waals surface area contributed by atoms with E-state index in [1.165, 1.54) is 0 Å². The fourth-order valence-electron chi connectivity index (χ4n) is 2.02. The van der Waals surface area contributed by atoms with Crippen molar-refractivity contribution in [2.45, 2.75) is 12.8 Å². The van der Waals surface area contributed by atoms with Crippen LogP contribution in [0.25, 0.3) is 6.08 Å². The molecule has 1 atom stereocenters. The van der Waals surface area contributed by atoms with Crippen LogP contribution in [-0.2, 0) is 16.0 Å². The van der Waals surface area contributed by atoms with Crippen LogP contribution in [0.3, 0.4) is 0 Å². The highest BCUT2D eigenvalue weighted by molar-refractivity contribution is 5.78. The van der Waals surface area contributed by atoms with Gasteiger partial charge in [-0.25, -0.2) is 0 Å². The quantitative estimate of drug-likeness (QED) is 0.862. The number of ether oxygens (including phenoxy) is 1. The number of hydrogen-bond acceptors (Lipinski definition) is 2. The first-order chi connectivity index (χ1) is 8.78. The maximum atomic E-state index is 11.8. The highest BCUT2D eigenvalue weighted by Gasteiger charge is 2.16. The van der Waals surface area contributed by atoms with E-state index in [1.54, 1.807) is 6.08 Å². The average Bonchev–Trinajstić information content (AvgIpc) is 2.90. The van der Waals surface area contributed by atoms with E-state index in [1.807, 2.05) is 24.3 Å². The second kappa shape index (κ2) is 6.36. The van der Waals surface area contributed by atoms with Gasteiger partial charge in [-0.15, -0.1) is 0 Å². The highest BCUT2D eigenvalue weighted by atomic mass is 16.5. The van der Waals surface area contributed by atoms with Gasteiger partial charge >= 0.3 is 0 Å². The molecule has 18 heavy (non-hydrogen) atoms. The Bertz CT molecular complexity index is 405. The van der Waals surface area contributed by atoms with Crippen LogP contribution < -0.4 is 5.32 Å². The molecule has 1 fully saturated rings. The summed E-state index contributed by atoms with van der Waals surface area (Å²) in [5.41, 5.74) is 2.10. The second-order valence-corrected chi connectivity index (χ2v) is 4.66. The second-order valence-electron chi connectivity index (χ2n) is 4.66. The summed E-state index contributed by atoms with van der Waals surface area (Å²) in [7, 11) is 0. The van der Waals surface area contributed by atoms with Crippen LogP contribution in [0.2, 0.25) is 0 Å². The van der Waals surface area contributed by atoms with Gasteiger partial charge in [-0.2, -0.15) is 0 Å². The van der Waals surface area contributed by atoms with Gasteiger partial charge in [0.1, 0.15) is 0 Å². The molecule has 0 saturated carbocycles. The van der Waals surface area contributed by atoms with Gasteiger partial charge in [-0.05, 0) is 17.5 Å². The van der Waals surface area contributed by atoms with E-state index in [0.29, 0.717) is 12.3 Å².